The largest absolute Gasteiger partial charge is 0.322 e. The Morgan fingerprint density at radius 1 is 1.27 bits per heavy atom. The highest BCUT2D eigenvalue weighted by atomic mass is 19.1. The third-order valence-electron chi connectivity index (χ3n) is 1.46. The molecule has 11 heavy (non-hydrogen) atoms. The van der Waals surface area contributed by atoms with Gasteiger partial charge in [-0.1, -0.05) is 12.1 Å². The maximum Gasteiger partial charge on any atom is 0.123 e. The number of hydrogen-bond donors (Lipinski definition) is 1. The first-order valence-electron chi connectivity index (χ1n) is 3.31. The molecule has 0 aromatic heterocycles. The maximum absolute atomic E-state index is 12.3. The molecular formula is C8H9F2N. The molecule has 0 amide bonds. The number of benzene rings is 1. The number of halogens is 2. The fourth-order valence-electron chi connectivity index (χ4n) is 0.799. The zero-order chi connectivity index (χ0) is 8.27. The standard InChI is InChI=1S/C8H9F2N/c9-5-8(11)6-1-3-7(10)4-2-6/h1-4,8H,5,11H2/t8-/m0/s1. The number of alkyl halides is 1. The molecule has 2 N–H and O–H groups in total. The second kappa shape index (κ2) is 3.44. The first-order valence-corrected chi connectivity index (χ1v) is 3.31. The van der Waals surface area contributed by atoms with Crippen LogP contribution in [0.1, 0.15) is 11.6 Å². The van der Waals surface area contributed by atoms with Crippen LogP contribution in [0.15, 0.2) is 24.3 Å². The molecular weight excluding hydrogens is 148 g/mol. The fourth-order valence-corrected chi connectivity index (χ4v) is 0.799. The van der Waals surface area contributed by atoms with E-state index in [-0.39, 0.29) is 5.82 Å². The highest BCUT2D eigenvalue weighted by molar-refractivity contribution is 5.19. The van der Waals surface area contributed by atoms with Crippen LogP contribution in [-0.2, 0) is 0 Å². The van der Waals surface area contributed by atoms with Crippen molar-refractivity contribution in [2.24, 2.45) is 5.73 Å². The van der Waals surface area contributed by atoms with E-state index in [1.807, 2.05) is 0 Å². The quantitative estimate of drug-likeness (QED) is 0.695. The van der Waals surface area contributed by atoms with Gasteiger partial charge in [0.05, 0.1) is 6.04 Å². The van der Waals surface area contributed by atoms with Gasteiger partial charge in [-0.3, -0.25) is 0 Å². The Balaban J connectivity index is 2.81. The molecule has 0 aliphatic rings. The van der Waals surface area contributed by atoms with Gasteiger partial charge in [0.1, 0.15) is 12.5 Å². The van der Waals surface area contributed by atoms with Gasteiger partial charge in [0.2, 0.25) is 0 Å². The van der Waals surface area contributed by atoms with E-state index < -0.39 is 12.7 Å². The molecule has 3 heteroatoms. The van der Waals surface area contributed by atoms with Crippen LogP contribution in [0.4, 0.5) is 8.78 Å². The van der Waals surface area contributed by atoms with Crippen LogP contribution < -0.4 is 5.73 Å². The van der Waals surface area contributed by atoms with Crippen molar-refractivity contribution in [2.75, 3.05) is 6.67 Å². The van der Waals surface area contributed by atoms with Gasteiger partial charge in [0, 0.05) is 0 Å². The summed E-state index contributed by atoms with van der Waals surface area (Å²) in [4.78, 5) is 0. The fraction of sp³-hybridized carbons (Fsp3) is 0.250. The van der Waals surface area contributed by atoms with Gasteiger partial charge in [0.25, 0.3) is 0 Å². The molecule has 0 spiro atoms. The lowest BCUT2D eigenvalue weighted by Crippen LogP contribution is -2.11. The van der Waals surface area contributed by atoms with Gasteiger partial charge in [-0.2, -0.15) is 0 Å². The zero-order valence-electron chi connectivity index (χ0n) is 5.93. The lowest BCUT2D eigenvalue weighted by atomic mass is 10.1. The summed E-state index contributed by atoms with van der Waals surface area (Å²) >= 11 is 0. The Morgan fingerprint density at radius 3 is 2.27 bits per heavy atom. The van der Waals surface area contributed by atoms with Crippen LogP contribution in [-0.4, -0.2) is 6.67 Å². The van der Waals surface area contributed by atoms with Gasteiger partial charge in [0.15, 0.2) is 0 Å². The molecule has 0 saturated carbocycles. The predicted octanol–water partition coefficient (Wildman–Crippen LogP) is 1.79. The monoisotopic (exact) mass is 157 g/mol. The second-order valence-corrected chi connectivity index (χ2v) is 2.31. The number of hydrogen-bond acceptors (Lipinski definition) is 1. The summed E-state index contributed by atoms with van der Waals surface area (Å²) in [5.74, 6) is -0.334. The summed E-state index contributed by atoms with van der Waals surface area (Å²) in [6.45, 7) is -0.619. The van der Waals surface area contributed by atoms with E-state index in [0.29, 0.717) is 5.56 Å². The van der Waals surface area contributed by atoms with Crippen LogP contribution in [0.3, 0.4) is 0 Å². The van der Waals surface area contributed by atoms with Gasteiger partial charge < -0.3 is 5.73 Å². The van der Waals surface area contributed by atoms with Crippen LogP contribution in [0.5, 0.6) is 0 Å². The Labute approximate surface area is 63.8 Å². The molecule has 0 unspecified atom stereocenters. The van der Waals surface area contributed by atoms with Gasteiger partial charge >= 0.3 is 0 Å². The smallest absolute Gasteiger partial charge is 0.123 e. The average Bonchev–Trinajstić information content (AvgIpc) is 2.05. The molecule has 0 aliphatic heterocycles. The van der Waals surface area contributed by atoms with Crippen molar-refractivity contribution in [3.05, 3.63) is 35.6 Å². The Kier molecular flexibility index (Phi) is 2.54. The first-order chi connectivity index (χ1) is 5.24. The van der Waals surface area contributed by atoms with Crippen LogP contribution >= 0.6 is 0 Å². The molecule has 1 atom stereocenters. The van der Waals surface area contributed by atoms with Crippen LogP contribution in [0, 0.1) is 5.82 Å². The SMILES string of the molecule is N[C@@H](CF)c1ccc(F)cc1. The van der Waals surface area contributed by atoms with Gasteiger partial charge in [-0.15, -0.1) is 0 Å². The molecule has 1 rings (SSSR count). The first kappa shape index (κ1) is 8.14. The van der Waals surface area contributed by atoms with Gasteiger partial charge in [-0.05, 0) is 17.7 Å². The normalized spacial score (nSPS) is 13.0. The molecule has 1 aromatic carbocycles. The van der Waals surface area contributed by atoms with E-state index in [1.165, 1.54) is 24.3 Å². The van der Waals surface area contributed by atoms with Crippen molar-refractivity contribution in [3.8, 4) is 0 Å². The maximum atomic E-state index is 12.3. The predicted molar refractivity (Wildman–Crippen MR) is 39.3 cm³/mol. The average molecular weight is 157 g/mol. The third-order valence-corrected chi connectivity index (χ3v) is 1.46. The van der Waals surface area contributed by atoms with E-state index in [4.69, 9.17) is 5.73 Å². The van der Waals surface area contributed by atoms with Crippen LogP contribution in [0.25, 0.3) is 0 Å². The molecule has 0 radical (unpaired) electrons. The minimum Gasteiger partial charge on any atom is -0.322 e. The zero-order valence-corrected chi connectivity index (χ0v) is 5.93. The third kappa shape index (κ3) is 1.98. The van der Waals surface area contributed by atoms with E-state index in [1.54, 1.807) is 0 Å². The Hall–Kier alpha value is -0.960. The molecule has 0 aliphatic carbocycles. The van der Waals surface area contributed by atoms with Crippen molar-refractivity contribution in [3.63, 3.8) is 0 Å². The van der Waals surface area contributed by atoms with Crippen molar-refractivity contribution in [1.82, 2.24) is 0 Å². The Morgan fingerprint density at radius 2 is 1.82 bits per heavy atom. The summed E-state index contributed by atoms with van der Waals surface area (Å²) in [7, 11) is 0. The van der Waals surface area contributed by atoms with Gasteiger partial charge in [-0.25, -0.2) is 8.78 Å². The lowest BCUT2D eigenvalue weighted by Gasteiger charge is -2.05. The summed E-state index contributed by atoms with van der Waals surface area (Å²) in [6.07, 6.45) is 0. The minimum atomic E-state index is -0.629. The van der Waals surface area contributed by atoms with E-state index >= 15 is 0 Å². The van der Waals surface area contributed by atoms with E-state index in [2.05, 4.69) is 0 Å². The molecule has 0 heterocycles. The molecule has 1 nitrogen and oxygen atoms in total. The van der Waals surface area contributed by atoms with Crippen molar-refractivity contribution in [2.45, 2.75) is 6.04 Å². The molecule has 1 aromatic rings. The molecule has 0 bridgehead atoms. The van der Waals surface area contributed by atoms with Crippen molar-refractivity contribution in [1.29, 1.82) is 0 Å². The summed E-state index contributed by atoms with van der Waals surface area (Å²) in [5.41, 5.74) is 5.97. The van der Waals surface area contributed by atoms with Crippen molar-refractivity contribution >= 4 is 0 Å². The van der Waals surface area contributed by atoms with Crippen molar-refractivity contribution < 1.29 is 8.78 Å². The number of rotatable bonds is 2. The summed E-state index contributed by atoms with van der Waals surface area (Å²) in [6, 6.07) is 4.88. The molecule has 60 valence electrons. The van der Waals surface area contributed by atoms with Crippen LogP contribution in [0.2, 0.25) is 0 Å². The minimum absolute atomic E-state index is 0.334. The second-order valence-electron chi connectivity index (χ2n) is 2.31. The summed E-state index contributed by atoms with van der Waals surface area (Å²) < 4.78 is 24.3. The highest BCUT2D eigenvalue weighted by Gasteiger charge is 2.03. The highest BCUT2D eigenvalue weighted by Crippen LogP contribution is 2.10. The lowest BCUT2D eigenvalue weighted by molar-refractivity contribution is 0.437. The Bertz CT molecular complexity index is 220. The molecule has 0 fully saturated rings. The molecule has 0 saturated heterocycles. The number of nitrogens with two attached hydrogens (primary N) is 1. The van der Waals surface area contributed by atoms with E-state index in [0.717, 1.165) is 0 Å². The summed E-state index contributed by atoms with van der Waals surface area (Å²) in [5, 5.41) is 0. The topological polar surface area (TPSA) is 26.0 Å². The van der Waals surface area contributed by atoms with E-state index in [9.17, 15) is 8.78 Å².